The number of non-ortho nitro benzene ring substituents is 1. The number of hydrogen-bond donors (Lipinski definition) is 1. The SMILES string of the molecule is CC[C@@H](C)Sc1nc2ccc(NC(=O)c3cccc([N+](=O)[O-])c3)cc2s1. The first-order valence-electron chi connectivity index (χ1n) is 8.09. The van der Waals surface area contributed by atoms with E-state index in [2.05, 4.69) is 24.1 Å². The highest BCUT2D eigenvalue weighted by Gasteiger charge is 2.13. The highest BCUT2D eigenvalue weighted by Crippen LogP contribution is 2.34. The largest absolute Gasteiger partial charge is 0.322 e. The minimum atomic E-state index is -0.517. The van der Waals surface area contributed by atoms with Crippen molar-refractivity contribution in [3.8, 4) is 0 Å². The summed E-state index contributed by atoms with van der Waals surface area (Å²) in [5.74, 6) is -0.383. The molecule has 0 fully saturated rings. The fraction of sp³-hybridized carbons (Fsp3) is 0.222. The van der Waals surface area contributed by atoms with Crippen LogP contribution in [0.15, 0.2) is 46.8 Å². The predicted molar refractivity (Wildman–Crippen MR) is 106 cm³/mol. The second-order valence-corrected chi connectivity index (χ2v) is 8.48. The van der Waals surface area contributed by atoms with Crippen LogP contribution in [0.5, 0.6) is 0 Å². The van der Waals surface area contributed by atoms with Crippen LogP contribution in [0.3, 0.4) is 0 Å². The Kier molecular flexibility index (Phi) is 5.53. The molecule has 0 aliphatic heterocycles. The average molecular weight is 387 g/mol. The van der Waals surface area contributed by atoms with Gasteiger partial charge >= 0.3 is 0 Å². The van der Waals surface area contributed by atoms with Gasteiger partial charge in [0.15, 0.2) is 4.34 Å². The summed E-state index contributed by atoms with van der Waals surface area (Å²) >= 11 is 3.34. The van der Waals surface area contributed by atoms with E-state index < -0.39 is 4.92 Å². The summed E-state index contributed by atoms with van der Waals surface area (Å²) in [5, 5.41) is 14.1. The highest BCUT2D eigenvalue weighted by atomic mass is 32.2. The fourth-order valence-electron chi connectivity index (χ4n) is 2.25. The number of nitro groups is 1. The number of carbonyl (C=O) groups excluding carboxylic acids is 1. The van der Waals surface area contributed by atoms with Crippen LogP contribution in [0.25, 0.3) is 10.2 Å². The van der Waals surface area contributed by atoms with Crippen molar-refractivity contribution in [2.75, 3.05) is 5.32 Å². The van der Waals surface area contributed by atoms with E-state index in [1.807, 2.05) is 12.1 Å². The molecule has 6 nitrogen and oxygen atoms in total. The Morgan fingerprint density at radius 3 is 2.88 bits per heavy atom. The molecule has 0 spiro atoms. The lowest BCUT2D eigenvalue weighted by Crippen LogP contribution is -2.11. The normalized spacial score (nSPS) is 12.1. The van der Waals surface area contributed by atoms with E-state index in [0.29, 0.717) is 10.9 Å². The Bertz CT molecular complexity index is 971. The lowest BCUT2D eigenvalue weighted by atomic mass is 10.2. The van der Waals surface area contributed by atoms with Crippen molar-refractivity contribution in [1.82, 2.24) is 4.98 Å². The third kappa shape index (κ3) is 4.20. The molecule has 1 heterocycles. The molecule has 0 radical (unpaired) electrons. The maximum absolute atomic E-state index is 12.4. The van der Waals surface area contributed by atoms with Crippen molar-refractivity contribution in [2.24, 2.45) is 0 Å². The van der Waals surface area contributed by atoms with Gasteiger partial charge < -0.3 is 5.32 Å². The summed E-state index contributed by atoms with van der Waals surface area (Å²) in [6.45, 7) is 4.31. The van der Waals surface area contributed by atoms with Crippen molar-refractivity contribution in [3.05, 3.63) is 58.1 Å². The van der Waals surface area contributed by atoms with Crippen LogP contribution in [-0.2, 0) is 0 Å². The number of nitrogens with one attached hydrogen (secondary N) is 1. The second kappa shape index (κ2) is 7.84. The summed E-state index contributed by atoms with van der Waals surface area (Å²) < 4.78 is 2.00. The molecule has 0 bridgehead atoms. The average Bonchev–Trinajstić information content (AvgIpc) is 3.03. The van der Waals surface area contributed by atoms with Gasteiger partial charge in [0.05, 0.1) is 15.1 Å². The minimum Gasteiger partial charge on any atom is -0.322 e. The van der Waals surface area contributed by atoms with Crippen LogP contribution >= 0.6 is 23.1 Å². The van der Waals surface area contributed by atoms with Crippen LogP contribution in [-0.4, -0.2) is 21.1 Å². The quantitative estimate of drug-likeness (QED) is 0.350. The second-order valence-electron chi connectivity index (χ2n) is 5.76. The Morgan fingerprint density at radius 1 is 1.35 bits per heavy atom. The summed E-state index contributed by atoms with van der Waals surface area (Å²) in [6, 6.07) is 11.2. The van der Waals surface area contributed by atoms with Crippen molar-refractivity contribution >= 4 is 50.6 Å². The van der Waals surface area contributed by atoms with Crippen molar-refractivity contribution in [3.63, 3.8) is 0 Å². The van der Waals surface area contributed by atoms with E-state index in [9.17, 15) is 14.9 Å². The van der Waals surface area contributed by atoms with Crippen LogP contribution in [0.1, 0.15) is 30.6 Å². The topological polar surface area (TPSA) is 85.1 Å². The van der Waals surface area contributed by atoms with Gasteiger partial charge in [-0.25, -0.2) is 4.98 Å². The van der Waals surface area contributed by atoms with Gasteiger partial charge in [-0.15, -0.1) is 11.3 Å². The van der Waals surface area contributed by atoms with Gasteiger partial charge in [0, 0.05) is 28.6 Å². The van der Waals surface area contributed by atoms with Crippen LogP contribution < -0.4 is 5.32 Å². The van der Waals surface area contributed by atoms with E-state index in [0.717, 1.165) is 21.0 Å². The smallest absolute Gasteiger partial charge is 0.270 e. The van der Waals surface area contributed by atoms with Crippen molar-refractivity contribution in [1.29, 1.82) is 0 Å². The lowest BCUT2D eigenvalue weighted by molar-refractivity contribution is -0.384. The number of benzene rings is 2. The first kappa shape index (κ1) is 18.3. The van der Waals surface area contributed by atoms with Crippen LogP contribution in [0.2, 0.25) is 0 Å². The number of anilines is 1. The fourth-order valence-corrected chi connectivity index (χ4v) is 4.60. The molecule has 0 unspecified atom stereocenters. The molecule has 1 atom stereocenters. The molecule has 0 aliphatic carbocycles. The van der Waals surface area contributed by atoms with Gasteiger partial charge in [-0.2, -0.15) is 0 Å². The van der Waals surface area contributed by atoms with Gasteiger partial charge in [0.25, 0.3) is 11.6 Å². The maximum Gasteiger partial charge on any atom is 0.270 e. The Hall–Kier alpha value is -2.45. The number of amides is 1. The Morgan fingerprint density at radius 2 is 2.15 bits per heavy atom. The molecule has 8 heteroatoms. The van der Waals surface area contributed by atoms with Gasteiger partial charge in [-0.05, 0) is 30.7 Å². The number of carbonyl (C=O) groups is 1. The zero-order chi connectivity index (χ0) is 18.7. The summed E-state index contributed by atoms with van der Waals surface area (Å²) in [4.78, 5) is 27.3. The van der Waals surface area contributed by atoms with E-state index in [1.54, 1.807) is 35.2 Å². The van der Waals surface area contributed by atoms with Gasteiger partial charge in [-0.1, -0.05) is 31.7 Å². The molecule has 0 aliphatic rings. The number of hydrogen-bond acceptors (Lipinski definition) is 6. The Balaban J connectivity index is 1.79. The van der Waals surface area contributed by atoms with E-state index in [4.69, 9.17) is 0 Å². The number of nitro benzene ring substituents is 1. The standard InChI is InChI=1S/C18H17N3O3S2/c1-3-11(2)25-18-20-15-8-7-13(10-16(15)26-18)19-17(22)12-5-4-6-14(9-12)21(23)24/h4-11H,3H2,1-2H3,(H,19,22)/t11-/m1/s1. The van der Waals surface area contributed by atoms with Crippen molar-refractivity contribution < 1.29 is 9.72 Å². The number of rotatable bonds is 6. The Labute approximate surface area is 158 Å². The third-order valence-corrected chi connectivity index (χ3v) is 6.20. The number of aromatic nitrogens is 1. The van der Waals surface area contributed by atoms with Crippen LogP contribution in [0, 0.1) is 10.1 Å². The molecule has 26 heavy (non-hydrogen) atoms. The molecule has 1 amide bonds. The van der Waals surface area contributed by atoms with E-state index in [-0.39, 0.29) is 17.2 Å². The van der Waals surface area contributed by atoms with Gasteiger partial charge in [0.1, 0.15) is 0 Å². The zero-order valence-electron chi connectivity index (χ0n) is 14.3. The first-order chi connectivity index (χ1) is 12.5. The number of fused-ring (bicyclic) bond motifs is 1. The van der Waals surface area contributed by atoms with Crippen LogP contribution in [0.4, 0.5) is 11.4 Å². The van der Waals surface area contributed by atoms with E-state index >= 15 is 0 Å². The number of thiazole rings is 1. The summed E-state index contributed by atoms with van der Waals surface area (Å²) in [7, 11) is 0. The molecule has 2 aromatic carbocycles. The molecule has 1 aromatic heterocycles. The molecule has 0 saturated carbocycles. The monoisotopic (exact) mass is 387 g/mol. The maximum atomic E-state index is 12.4. The predicted octanol–water partition coefficient (Wildman–Crippen LogP) is 5.35. The van der Waals surface area contributed by atoms with Gasteiger partial charge in [0.2, 0.25) is 0 Å². The summed E-state index contributed by atoms with van der Waals surface area (Å²) in [6.07, 6.45) is 1.07. The molecule has 3 rings (SSSR count). The molecular formula is C18H17N3O3S2. The van der Waals surface area contributed by atoms with Gasteiger partial charge in [-0.3, -0.25) is 14.9 Å². The highest BCUT2D eigenvalue weighted by molar-refractivity contribution is 8.01. The molecule has 134 valence electrons. The van der Waals surface area contributed by atoms with E-state index in [1.165, 1.54) is 18.2 Å². The molecule has 0 saturated heterocycles. The summed E-state index contributed by atoms with van der Waals surface area (Å²) in [5.41, 5.74) is 1.67. The third-order valence-electron chi connectivity index (χ3n) is 3.82. The molecule has 1 N–H and O–H groups in total. The lowest BCUT2D eigenvalue weighted by Gasteiger charge is -2.05. The minimum absolute atomic E-state index is 0.109. The zero-order valence-corrected chi connectivity index (χ0v) is 15.9. The molecule has 3 aromatic rings. The van der Waals surface area contributed by atoms with Crippen molar-refractivity contribution in [2.45, 2.75) is 29.9 Å². The number of nitrogens with zero attached hydrogens (tertiary/aromatic N) is 2. The first-order valence-corrected chi connectivity index (χ1v) is 9.79. The molecular weight excluding hydrogens is 370 g/mol. The number of thioether (sulfide) groups is 1.